The summed E-state index contributed by atoms with van der Waals surface area (Å²) in [6, 6.07) is 0. The third-order valence-electron chi connectivity index (χ3n) is 2.59. The highest BCUT2D eigenvalue weighted by molar-refractivity contribution is 5.98. The Morgan fingerprint density at radius 3 is 3.00 bits per heavy atom. The van der Waals surface area contributed by atoms with Gasteiger partial charge in [0.25, 0.3) is 5.91 Å². The van der Waals surface area contributed by atoms with Crippen molar-refractivity contribution in [1.82, 2.24) is 5.06 Å². The van der Waals surface area contributed by atoms with Crippen LogP contribution in [0.2, 0.25) is 0 Å². The molecule has 2 rings (SSSR count). The lowest BCUT2D eigenvalue weighted by Crippen LogP contribution is -2.38. The summed E-state index contributed by atoms with van der Waals surface area (Å²) in [5.41, 5.74) is 1.89. The summed E-state index contributed by atoms with van der Waals surface area (Å²) in [4.78, 5) is 27.4. The Hall–Kier alpha value is -1.58. The van der Waals surface area contributed by atoms with E-state index in [1.807, 2.05) is 12.2 Å². The number of hydrogen-bond donors (Lipinski definition) is 0. The number of amides is 1. The molecule has 0 unspecified atom stereocenters. The minimum absolute atomic E-state index is 0.192. The number of hydrogen-bond acceptors (Lipinski definition) is 3. The van der Waals surface area contributed by atoms with E-state index in [-0.39, 0.29) is 5.91 Å². The first-order valence-corrected chi connectivity index (χ1v) is 5.07. The van der Waals surface area contributed by atoms with E-state index in [0.29, 0.717) is 12.1 Å². The van der Waals surface area contributed by atoms with Crippen LogP contribution in [0.5, 0.6) is 0 Å². The molecule has 0 saturated heterocycles. The van der Waals surface area contributed by atoms with Crippen LogP contribution in [0.15, 0.2) is 23.3 Å². The minimum atomic E-state index is -0.452. The molecule has 2 aliphatic rings. The lowest BCUT2D eigenvalue weighted by molar-refractivity contribution is -0.194. The molecule has 1 aliphatic carbocycles. The highest BCUT2D eigenvalue weighted by Crippen LogP contribution is 2.27. The van der Waals surface area contributed by atoms with E-state index in [0.717, 1.165) is 24.3 Å². The molecule has 0 fully saturated rings. The summed E-state index contributed by atoms with van der Waals surface area (Å²) in [6.07, 6.45) is 6.56. The van der Waals surface area contributed by atoms with Gasteiger partial charge in [0.05, 0.1) is 6.54 Å². The maximum atomic E-state index is 11.8. The van der Waals surface area contributed by atoms with Gasteiger partial charge in [-0.1, -0.05) is 17.7 Å². The predicted molar refractivity (Wildman–Crippen MR) is 53.5 cm³/mol. The van der Waals surface area contributed by atoms with Crippen LogP contribution in [0, 0.1) is 0 Å². The van der Waals surface area contributed by atoms with E-state index in [9.17, 15) is 9.59 Å². The van der Waals surface area contributed by atoms with Gasteiger partial charge in [-0.25, -0.2) is 0 Å². The average molecular weight is 207 g/mol. The van der Waals surface area contributed by atoms with Crippen molar-refractivity contribution in [3.8, 4) is 0 Å². The van der Waals surface area contributed by atoms with Gasteiger partial charge in [-0.05, 0) is 19.3 Å². The Morgan fingerprint density at radius 2 is 2.27 bits per heavy atom. The molecule has 1 heterocycles. The molecule has 0 atom stereocenters. The fourth-order valence-electron chi connectivity index (χ4n) is 1.91. The van der Waals surface area contributed by atoms with E-state index in [4.69, 9.17) is 4.84 Å². The minimum Gasteiger partial charge on any atom is -0.338 e. The molecule has 4 nitrogen and oxygen atoms in total. The molecule has 0 radical (unpaired) electrons. The van der Waals surface area contributed by atoms with Crippen LogP contribution < -0.4 is 0 Å². The van der Waals surface area contributed by atoms with Gasteiger partial charge in [0.2, 0.25) is 0 Å². The molecule has 0 N–H and O–H groups in total. The van der Waals surface area contributed by atoms with E-state index >= 15 is 0 Å². The molecule has 4 heteroatoms. The zero-order valence-electron chi connectivity index (χ0n) is 8.66. The van der Waals surface area contributed by atoms with E-state index < -0.39 is 5.97 Å². The Balaban J connectivity index is 2.18. The molecule has 0 aromatic heterocycles. The molecular formula is C11H13NO3. The summed E-state index contributed by atoms with van der Waals surface area (Å²) in [5, 5.41) is 1.15. The summed E-state index contributed by atoms with van der Waals surface area (Å²) in [7, 11) is 0. The number of rotatable bonds is 1. The van der Waals surface area contributed by atoms with Crippen LogP contribution in [0.4, 0.5) is 0 Å². The molecule has 0 saturated carbocycles. The number of hydroxylamine groups is 2. The third kappa shape index (κ3) is 1.93. The maximum absolute atomic E-state index is 11.8. The molecule has 15 heavy (non-hydrogen) atoms. The summed E-state index contributed by atoms with van der Waals surface area (Å²) in [5.74, 6) is -0.644. The molecular weight excluding hydrogens is 194 g/mol. The fourth-order valence-corrected chi connectivity index (χ4v) is 1.91. The fraction of sp³-hybridized carbons (Fsp3) is 0.455. The van der Waals surface area contributed by atoms with Crippen molar-refractivity contribution < 1.29 is 14.4 Å². The zero-order chi connectivity index (χ0) is 10.8. The van der Waals surface area contributed by atoms with Gasteiger partial charge in [-0.15, -0.1) is 0 Å². The first kappa shape index (κ1) is 9.96. The largest absolute Gasteiger partial charge is 0.338 e. The van der Waals surface area contributed by atoms with E-state index in [1.165, 1.54) is 12.5 Å². The third-order valence-corrected chi connectivity index (χ3v) is 2.59. The van der Waals surface area contributed by atoms with Crippen molar-refractivity contribution in [1.29, 1.82) is 0 Å². The van der Waals surface area contributed by atoms with Crippen LogP contribution in [0.3, 0.4) is 0 Å². The average Bonchev–Trinajstić information content (AvgIpc) is 2.22. The van der Waals surface area contributed by atoms with Gasteiger partial charge in [0, 0.05) is 12.5 Å². The Morgan fingerprint density at radius 1 is 1.47 bits per heavy atom. The van der Waals surface area contributed by atoms with Crippen molar-refractivity contribution in [2.45, 2.75) is 26.2 Å². The molecule has 1 amide bonds. The number of allylic oxidation sites excluding steroid dienone is 1. The SMILES string of the molecule is CC(=O)ON1CCC2=C(C=CCC2)C1=O. The molecule has 0 aromatic rings. The van der Waals surface area contributed by atoms with Crippen LogP contribution in [0.25, 0.3) is 0 Å². The van der Waals surface area contributed by atoms with Crippen molar-refractivity contribution >= 4 is 11.9 Å². The number of carbonyl (C=O) groups excluding carboxylic acids is 2. The normalized spacial score (nSPS) is 20.3. The molecule has 80 valence electrons. The van der Waals surface area contributed by atoms with Crippen molar-refractivity contribution in [3.63, 3.8) is 0 Å². The molecule has 1 aliphatic heterocycles. The van der Waals surface area contributed by atoms with Crippen molar-refractivity contribution in [2.24, 2.45) is 0 Å². The van der Waals surface area contributed by atoms with Gasteiger partial charge in [0.15, 0.2) is 0 Å². The van der Waals surface area contributed by atoms with Gasteiger partial charge in [-0.2, -0.15) is 5.06 Å². The standard InChI is InChI=1S/C11H13NO3/c1-8(13)15-12-7-6-9-4-2-3-5-10(9)11(12)14/h3,5H,2,4,6-7H2,1H3. The van der Waals surface area contributed by atoms with Crippen molar-refractivity contribution in [2.75, 3.05) is 6.54 Å². The predicted octanol–water partition coefficient (Wildman–Crippen LogP) is 1.34. The smallest absolute Gasteiger partial charge is 0.329 e. The second-order valence-electron chi connectivity index (χ2n) is 3.70. The first-order valence-electron chi connectivity index (χ1n) is 5.07. The molecule has 0 bridgehead atoms. The lowest BCUT2D eigenvalue weighted by Gasteiger charge is -2.28. The van der Waals surface area contributed by atoms with Gasteiger partial charge < -0.3 is 4.84 Å². The van der Waals surface area contributed by atoms with Gasteiger partial charge >= 0.3 is 5.97 Å². The Kier molecular flexibility index (Phi) is 2.58. The van der Waals surface area contributed by atoms with Crippen LogP contribution in [-0.4, -0.2) is 23.5 Å². The number of carbonyl (C=O) groups is 2. The quantitative estimate of drug-likeness (QED) is 0.652. The monoisotopic (exact) mass is 207 g/mol. The summed E-state index contributed by atoms with van der Waals surface area (Å²) >= 11 is 0. The van der Waals surface area contributed by atoms with Gasteiger partial charge in [0.1, 0.15) is 0 Å². The molecule has 0 aromatic carbocycles. The van der Waals surface area contributed by atoms with Gasteiger partial charge in [-0.3, -0.25) is 9.59 Å². The summed E-state index contributed by atoms with van der Waals surface area (Å²) in [6.45, 7) is 1.78. The van der Waals surface area contributed by atoms with Crippen LogP contribution >= 0.6 is 0 Å². The highest BCUT2D eigenvalue weighted by Gasteiger charge is 2.28. The van der Waals surface area contributed by atoms with Crippen LogP contribution in [-0.2, 0) is 14.4 Å². The Bertz CT molecular complexity index is 368. The first-order chi connectivity index (χ1) is 7.18. The second kappa shape index (κ2) is 3.88. The van der Waals surface area contributed by atoms with E-state index in [1.54, 1.807) is 0 Å². The Labute approximate surface area is 88.1 Å². The van der Waals surface area contributed by atoms with Crippen LogP contribution in [0.1, 0.15) is 26.2 Å². The van der Waals surface area contributed by atoms with E-state index in [2.05, 4.69) is 0 Å². The lowest BCUT2D eigenvalue weighted by atomic mass is 9.92. The van der Waals surface area contributed by atoms with Crippen molar-refractivity contribution in [3.05, 3.63) is 23.3 Å². The second-order valence-corrected chi connectivity index (χ2v) is 3.70. The highest BCUT2D eigenvalue weighted by atomic mass is 16.7. The molecule has 0 spiro atoms. The topological polar surface area (TPSA) is 46.6 Å². The zero-order valence-corrected chi connectivity index (χ0v) is 8.66. The summed E-state index contributed by atoms with van der Waals surface area (Å²) < 4.78 is 0. The maximum Gasteiger partial charge on any atom is 0.329 e. The number of nitrogens with zero attached hydrogens (tertiary/aromatic N) is 1.